The first-order chi connectivity index (χ1) is 15.3. The average Bonchev–Trinajstić information content (AvgIpc) is 2.81. The van der Waals surface area contributed by atoms with E-state index in [-0.39, 0.29) is 29.7 Å². The molecule has 32 heavy (non-hydrogen) atoms. The van der Waals surface area contributed by atoms with Crippen LogP contribution in [0.15, 0.2) is 89.5 Å². The average molecular weight is 448 g/mol. The fourth-order valence-corrected chi connectivity index (χ4v) is 4.21. The Morgan fingerprint density at radius 2 is 1.69 bits per heavy atom. The summed E-state index contributed by atoms with van der Waals surface area (Å²) in [4.78, 5) is 32.3. The molecule has 0 saturated carbocycles. The van der Waals surface area contributed by atoms with Crippen molar-refractivity contribution in [3.05, 3.63) is 101 Å². The van der Waals surface area contributed by atoms with Crippen molar-refractivity contribution in [3.63, 3.8) is 0 Å². The number of aromatic nitrogens is 1. The van der Waals surface area contributed by atoms with Crippen molar-refractivity contribution in [2.75, 3.05) is 13.1 Å². The number of piperidine rings is 1. The first-order valence-electron chi connectivity index (χ1n) is 9.96. The molecule has 1 aromatic heterocycles. The molecule has 4 rings (SSSR count). The van der Waals surface area contributed by atoms with E-state index in [1.165, 1.54) is 24.3 Å². The van der Waals surface area contributed by atoms with E-state index in [0.717, 1.165) is 5.56 Å². The summed E-state index contributed by atoms with van der Waals surface area (Å²) in [6, 6.07) is 20.2. The Kier molecular flexibility index (Phi) is 5.98. The molecule has 1 unspecified atom stereocenters. The van der Waals surface area contributed by atoms with E-state index < -0.39 is 15.9 Å². The van der Waals surface area contributed by atoms with Gasteiger partial charge in [0.05, 0.1) is 16.5 Å². The van der Waals surface area contributed by atoms with E-state index in [2.05, 4.69) is 4.98 Å². The van der Waals surface area contributed by atoms with Gasteiger partial charge in [0, 0.05) is 30.4 Å². The highest BCUT2D eigenvalue weighted by molar-refractivity contribution is 7.89. The molecule has 2 N–H and O–H groups in total. The van der Waals surface area contributed by atoms with Gasteiger partial charge in [-0.2, -0.15) is 0 Å². The molecule has 8 heteroatoms. The standard InChI is InChI=1S/C24H21N3O4S/c25-32(30,31)21-11-9-18(10-12-21)24(29)27-15-19(14-20-8-4-5-13-26-20)23(28)22(16-27)17-6-2-1-3-7-17/h1-14,22H,15-16H2,(H2,25,30,31)/b19-14-. The van der Waals surface area contributed by atoms with Gasteiger partial charge in [0.25, 0.3) is 5.91 Å². The maximum atomic E-state index is 13.3. The van der Waals surface area contributed by atoms with Crippen molar-refractivity contribution in [1.29, 1.82) is 0 Å². The Hall–Kier alpha value is -3.62. The minimum absolute atomic E-state index is 0.0459. The molecular formula is C24H21N3O4S. The summed E-state index contributed by atoms with van der Waals surface area (Å²) in [7, 11) is -3.85. The van der Waals surface area contributed by atoms with Gasteiger partial charge in [0.1, 0.15) is 0 Å². The lowest BCUT2D eigenvalue weighted by Crippen LogP contribution is -2.44. The first-order valence-corrected chi connectivity index (χ1v) is 11.5. The van der Waals surface area contributed by atoms with Gasteiger partial charge in [0.2, 0.25) is 10.0 Å². The maximum absolute atomic E-state index is 13.3. The van der Waals surface area contributed by atoms with E-state index in [4.69, 9.17) is 5.14 Å². The maximum Gasteiger partial charge on any atom is 0.254 e. The molecule has 1 amide bonds. The second kappa shape index (κ2) is 8.86. The molecule has 1 atom stereocenters. The number of pyridine rings is 1. The summed E-state index contributed by atoms with van der Waals surface area (Å²) in [6.45, 7) is 0.354. The highest BCUT2D eigenvalue weighted by atomic mass is 32.2. The minimum atomic E-state index is -3.85. The monoisotopic (exact) mass is 447 g/mol. The number of benzene rings is 2. The molecule has 1 aliphatic rings. The Morgan fingerprint density at radius 3 is 2.31 bits per heavy atom. The van der Waals surface area contributed by atoms with Crippen LogP contribution >= 0.6 is 0 Å². The fraction of sp³-hybridized carbons (Fsp3) is 0.125. The molecule has 1 saturated heterocycles. The highest BCUT2D eigenvalue weighted by Gasteiger charge is 2.34. The van der Waals surface area contributed by atoms with Gasteiger partial charge in [-0.3, -0.25) is 14.6 Å². The van der Waals surface area contributed by atoms with E-state index in [1.807, 2.05) is 36.4 Å². The van der Waals surface area contributed by atoms with Crippen LogP contribution < -0.4 is 5.14 Å². The molecule has 2 heterocycles. The molecule has 0 bridgehead atoms. The van der Waals surface area contributed by atoms with Crippen LogP contribution in [0.4, 0.5) is 0 Å². The number of carbonyl (C=O) groups excluding carboxylic acids is 2. The van der Waals surface area contributed by atoms with Crippen LogP contribution in [0.1, 0.15) is 27.5 Å². The van der Waals surface area contributed by atoms with E-state index >= 15 is 0 Å². The number of Topliss-reactive ketones (excluding diaryl/α,β-unsaturated/α-hetero) is 1. The van der Waals surface area contributed by atoms with Crippen molar-refractivity contribution in [1.82, 2.24) is 9.88 Å². The zero-order chi connectivity index (χ0) is 22.7. The molecular weight excluding hydrogens is 426 g/mol. The van der Waals surface area contributed by atoms with Gasteiger partial charge in [-0.05, 0) is 48.0 Å². The number of nitrogens with two attached hydrogens (primary N) is 1. The Morgan fingerprint density at radius 1 is 1.00 bits per heavy atom. The third kappa shape index (κ3) is 4.66. The molecule has 3 aromatic rings. The van der Waals surface area contributed by atoms with Gasteiger partial charge in [-0.1, -0.05) is 36.4 Å². The molecule has 7 nitrogen and oxygen atoms in total. The molecule has 2 aromatic carbocycles. The van der Waals surface area contributed by atoms with Gasteiger partial charge in [-0.15, -0.1) is 0 Å². The summed E-state index contributed by atoms with van der Waals surface area (Å²) in [5.74, 6) is -0.852. The third-order valence-corrected chi connectivity index (χ3v) is 6.26. The number of rotatable bonds is 4. The lowest BCUT2D eigenvalue weighted by Gasteiger charge is -2.34. The number of carbonyl (C=O) groups is 2. The van der Waals surface area contributed by atoms with Crippen molar-refractivity contribution < 1.29 is 18.0 Å². The normalized spacial score (nSPS) is 18.0. The number of hydrogen-bond donors (Lipinski definition) is 1. The van der Waals surface area contributed by atoms with Gasteiger partial charge < -0.3 is 4.90 Å². The molecule has 162 valence electrons. The smallest absolute Gasteiger partial charge is 0.254 e. The predicted molar refractivity (Wildman–Crippen MR) is 120 cm³/mol. The zero-order valence-electron chi connectivity index (χ0n) is 17.1. The molecule has 0 aliphatic carbocycles. The topological polar surface area (TPSA) is 110 Å². The lowest BCUT2D eigenvalue weighted by atomic mass is 9.85. The number of hydrogen-bond acceptors (Lipinski definition) is 5. The molecule has 0 spiro atoms. The minimum Gasteiger partial charge on any atom is -0.333 e. The Balaban J connectivity index is 1.69. The van der Waals surface area contributed by atoms with E-state index in [9.17, 15) is 18.0 Å². The third-order valence-electron chi connectivity index (χ3n) is 5.33. The zero-order valence-corrected chi connectivity index (χ0v) is 17.9. The van der Waals surface area contributed by atoms with E-state index in [1.54, 1.807) is 29.3 Å². The molecule has 1 fully saturated rings. The predicted octanol–water partition coefficient (Wildman–Crippen LogP) is 2.62. The summed E-state index contributed by atoms with van der Waals surface area (Å²) in [6.07, 6.45) is 3.35. The van der Waals surface area contributed by atoms with Crippen LogP contribution in [0.5, 0.6) is 0 Å². The van der Waals surface area contributed by atoms with Gasteiger partial charge in [-0.25, -0.2) is 13.6 Å². The van der Waals surface area contributed by atoms with Crippen molar-refractivity contribution >= 4 is 27.8 Å². The van der Waals surface area contributed by atoms with Crippen LogP contribution in [0.2, 0.25) is 0 Å². The van der Waals surface area contributed by atoms with Crippen LogP contribution in [0, 0.1) is 0 Å². The number of ketones is 1. The number of amides is 1. The summed E-state index contributed by atoms with van der Waals surface area (Å²) >= 11 is 0. The van der Waals surface area contributed by atoms with Gasteiger partial charge in [0.15, 0.2) is 5.78 Å². The van der Waals surface area contributed by atoms with Crippen LogP contribution in [-0.4, -0.2) is 43.1 Å². The first kappa shape index (κ1) is 21.6. The Labute approximate surface area is 186 Å². The number of sulfonamides is 1. The van der Waals surface area contributed by atoms with Crippen molar-refractivity contribution in [3.8, 4) is 0 Å². The SMILES string of the molecule is NS(=O)(=O)c1ccc(C(=O)N2C/C(=C/c3ccccn3)C(=O)C(c3ccccc3)C2)cc1. The number of primary sulfonamides is 1. The summed E-state index contributed by atoms with van der Waals surface area (Å²) in [5.41, 5.74) is 2.26. The lowest BCUT2D eigenvalue weighted by molar-refractivity contribution is -0.118. The largest absolute Gasteiger partial charge is 0.333 e. The van der Waals surface area contributed by atoms with E-state index in [0.29, 0.717) is 16.8 Å². The quantitative estimate of drug-likeness (QED) is 0.618. The van der Waals surface area contributed by atoms with Crippen LogP contribution in [-0.2, 0) is 14.8 Å². The Bertz CT molecular complexity index is 1270. The highest BCUT2D eigenvalue weighted by Crippen LogP contribution is 2.29. The van der Waals surface area contributed by atoms with Gasteiger partial charge >= 0.3 is 0 Å². The fourth-order valence-electron chi connectivity index (χ4n) is 3.70. The molecule has 0 radical (unpaired) electrons. The summed E-state index contributed by atoms with van der Waals surface area (Å²) < 4.78 is 23.0. The number of likely N-dealkylation sites (tertiary alicyclic amines) is 1. The summed E-state index contributed by atoms with van der Waals surface area (Å²) in [5, 5.41) is 5.14. The van der Waals surface area contributed by atoms with Crippen molar-refractivity contribution in [2.45, 2.75) is 10.8 Å². The van der Waals surface area contributed by atoms with Crippen LogP contribution in [0.25, 0.3) is 6.08 Å². The number of nitrogens with zero attached hydrogens (tertiary/aromatic N) is 2. The van der Waals surface area contributed by atoms with Crippen LogP contribution in [0.3, 0.4) is 0 Å². The second-order valence-electron chi connectivity index (χ2n) is 7.51. The second-order valence-corrected chi connectivity index (χ2v) is 9.07. The van der Waals surface area contributed by atoms with Crippen molar-refractivity contribution in [2.24, 2.45) is 5.14 Å². The molecule has 1 aliphatic heterocycles.